The second-order valence-corrected chi connectivity index (χ2v) is 6.60. The first-order chi connectivity index (χ1) is 12.4. The van der Waals surface area contributed by atoms with E-state index in [4.69, 9.17) is 10.5 Å². The normalized spacial score (nSPS) is 11.3. The molecule has 0 fully saturated rings. The molecule has 0 atom stereocenters. The molecule has 0 aliphatic carbocycles. The van der Waals surface area contributed by atoms with Crippen LogP contribution in [-0.2, 0) is 16.6 Å². The van der Waals surface area contributed by atoms with Gasteiger partial charge in [-0.2, -0.15) is 5.10 Å². The second-order valence-electron chi connectivity index (χ2n) is 6.60. The first-order valence-electron chi connectivity index (χ1n) is 8.36. The van der Waals surface area contributed by atoms with Crippen molar-refractivity contribution in [2.24, 2.45) is 5.73 Å². The van der Waals surface area contributed by atoms with Crippen molar-refractivity contribution >= 4 is 5.91 Å². The molecule has 26 heavy (non-hydrogen) atoms. The Morgan fingerprint density at radius 3 is 2.35 bits per heavy atom. The Kier molecular flexibility index (Phi) is 4.75. The van der Waals surface area contributed by atoms with Gasteiger partial charge < -0.3 is 10.5 Å². The summed E-state index contributed by atoms with van der Waals surface area (Å²) in [6.07, 6.45) is 0.00102. The Labute approximate surface area is 152 Å². The number of carbonyl (C=O) groups is 1. The molecule has 3 rings (SSSR count). The van der Waals surface area contributed by atoms with Gasteiger partial charge in [-0.3, -0.25) is 4.79 Å². The van der Waals surface area contributed by atoms with Crippen LogP contribution in [0.3, 0.4) is 0 Å². The van der Waals surface area contributed by atoms with Crippen molar-refractivity contribution in [3.8, 4) is 11.4 Å². The topological polar surface area (TPSA) is 83.0 Å². The van der Waals surface area contributed by atoms with Crippen LogP contribution >= 0.6 is 0 Å². The number of methoxy groups -OCH3 is 1. The second kappa shape index (κ2) is 7.00. The van der Waals surface area contributed by atoms with E-state index in [1.807, 2.05) is 42.5 Å². The van der Waals surface area contributed by atoms with E-state index >= 15 is 0 Å². The largest absolute Gasteiger partial charge is 0.497 e. The summed E-state index contributed by atoms with van der Waals surface area (Å²) in [5, 5.41) is 4.53. The minimum atomic E-state index is -0.457. The standard InChI is InChI=1S/C20H22N4O2/c1-20(2,14-7-5-4-6-8-14)19-22-18(13-17(21)25)23-24(19)15-9-11-16(26-3)12-10-15/h4-12H,13H2,1-3H3,(H2,21,25). The van der Waals surface area contributed by atoms with Gasteiger partial charge in [0.05, 0.1) is 19.2 Å². The van der Waals surface area contributed by atoms with Crippen molar-refractivity contribution in [3.05, 3.63) is 71.8 Å². The van der Waals surface area contributed by atoms with Gasteiger partial charge in [-0.25, -0.2) is 9.67 Å². The van der Waals surface area contributed by atoms with E-state index in [1.54, 1.807) is 11.8 Å². The summed E-state index contributed by atoms with van der Waals surface area (Å²) in [5.74, 6) is 1.45. The lowest BCUT2D eigenvalue weighted by Gasteiger charge is -2.25. The van der Waals surface area contributed by atoms with E-state index in [1.165, 1.54) is 0 Å². The molecule has 0 aliphatic rings. The number of aromatic nitrogens is 3. The highest BCUT2D eigenvalue weighted by atomic mass is 16.5. The molecule has 0 saturated carbocycles. The third-order valence-corrected chi connectivity index (χ3v) is 4.35. The van der Waals surface area contributed by atoms with Gasteiger partial charge in [-0.05, 0) is 43.7 Å². The lowest BCUT2D eigenvalue weighted by atomic mass is 9.83. The molecule has 134 valence electrons. The van der Waals surface area contributed by atoms with Crippen molar-refractivity contribution in [2.45, 2.75) is 25.7 Å². The summed E-state index contributed by atoms with van der Waals surface area (Å²) >= 11 is 0. The van der Waals surface area contributed by atoms with Gasteiger partial charge in [-0.1, -0.05) is 30.3 Å². The number of benzene rings is 2. The average Bonchev–Trinajstić information content (AvgIpc) is 3.06. The minimum Gasteiger partial charge on any atom is -0.497 e. The van der Waals surface area contributed by atoms with Crippen LogP contribution in [0.4, 0.5) is 0 Å². The van der Waals surface area contributed by atoms with E-state index in [9.17, 15) is 4.79 Å². The molecule has 0 unspecified atom stereocenters. The Balaban J connectivity index is 2.13. The van der Waals surface area contributed by atoms with Crippen molar-refractivity contribution < 1.29 is 9.53 Å². The number of amides is 1. The van der Waals surface area contributed by atoms with Crippen LogP contribution in [0, 0.1) is 0 Å². The average molecular weight is 350 g/mol. The van der Waals surface area contributed by atoms with Crippen molar-refractivity contribution in [1.82, 2.24) is 14.8 Å². The number of hydrogen-bond acceptors (Lipinski definition) is 4. The summed E-state index contributed by atoms with van der Waals surface area (Å²) in [5.41, 5.74) is 6.87. The molecule has 0 radical (unpaired) electrons. The maximum atomic E-state index is 11.3. The van der Waals surface area contributed by atoms with Crippen LogP contribution in [0.2, 0.25) is 0 Å². The first kappa shape index (κ1) is 17.7. The predicted octanol–water partition coefficient (Wildman–Crippen LogP) is 2.63. The van der Waals surface area contributed by atoms with Gasteiger partial charge in [0.15, 0.2) is 5.82 Å². The van der Waals surface area contributed by atoms with Gasteiger partial charge in [0, 0.05) is 5.41 Å². The number of carbonyl (C=O) groups excluding carboxylic acids is 1. The molecule has 6 nitrogen and oxygen atoms in total. The fourth-order valence-corrected chi connectivity index (χ4v) is 2.88. The van der Waals surface area contributed by atoms with Gasteiger partial charge in [0.2, 0.25) is 5.91 Å². The maximum Gasteiger partial charge on any atom is 0.225 e. The van der Waals surface area contributed by atoms with Crippen LogP contribution in [0.15, 0.2) is 54.6 Å². The molecular formula is C20H22N4O2. The maximum absolute atomic E-state index is 11.3. The zero-order valence-corrected chi connectivity index (χ0v) is 15.1. The van der Waals surface area contributed by atoms with Gasteiger partial charge in [-0.15, -0.1) is 0 Å². The summed E-state index contributed by atoms with van der Waals surface area (Å²) in [7, 11) is 1.62. The van der Waals surface area contributed by atoms with Crippen molar-refractivity contribution in [2.75, 3.05) is 7.11 Å². The molecule has 0 spiro atoms. The van der Waals surface area contributed by atoms with E-state index in [0.29, 0.717) is 5.82 Å². The summed E-state index contributed by atoms with van der Waals surface area (Å²) in [6.45, 7) is 4.17. The highest BCUT2D eigenvalue weighted by Crippen LogP contribution is 2.31. The summed E-state index contributed by atoms with van der Waals surface area (Å²) < 4.78 is 6.99. The zero-order valence-electron chi connectivity index (χ0n) is 15.1. The number of primary amides is 1. The molecular weight excluding hydrogens is 328 g/mol. The van der Waals surface area contributed by atoms with E-state index in [2.05, 4.69) is 36.1 Å². The van der Waals surface area contributed by atoms with Crippen molar-refractivity contribution in [3.63, 3.8) is 0 Å². The summed E-state index contributed by atoms with van der Waals surface area (Å²) in [4.78, 5) is 16.0. The van der Waals surface area contributed by atoms with Gasteiger partial charge >= 0.3 is 0 Å². The monoisotopic (exact) mass is 350 g/mol. The highest BCUT2D eigenvalue weighted by Gasteiger charge is 2.30. The molecule has 3 aromatic rings. The third-order valence-electron chi connectivity index (χ3n) is 4.35. The lowest BCUT2D eigenvalue weighted by Crippen LogP contribution is -2.24. The molecule has 1 amide bonds. The molecule has 6 heteroatoms. The van der Waals surface area contributed by atoms with E-state index < -0.39 is 11.3 Å². The quantitative estimate of drug-likeness (QED) is 0.741. The van der Waals surface area contributed by atoms with Crippen molar-refractivity contribution in [1.29, 1.82) is 0 Å². The van der Waals surface area contributed by atoms with Gasteiger partial charge in [0.25, 0.3) is 0 Å². The number of hydrogen-bond donors (Lipinski definition) is 1. The molecule has 0 aliphatic heterocycles. The van der Waals surface area contributed by atoms with Crippen LogP contribution in [0.25, 0.3) is 5.69 Å². The Hall–Kier alpha value is -3.15. The third kappa shape index (κ3) is 3.44. The number of rotatable bonds is 6. The number of nitrogens with two attached hydrogens (primary N) is 1. The molecule has 1 aromatic heterocycles. The SMILES string of the molecule is COc1ccc(-n2nc(CC(N)=O)nc2C(C)(C)c2ccccc2)cc1. The van der Waals surface area contributed by atoms with Crippen LogP contribution < -0.4 is 10.5 Å². The predicted molar refractivity (Wildman–Crippen MR) is 99.4 cm³/mol. The van der Waals surface area contributed by atoms with Gasteiger partial charge in [0.1, 0.15) is 11.6 Å². The van der Waals surface area contributed by atoms with Crippen LogP contribution in [0.5, 0.6) is 5.75 Å². The fraction of sp³-hybridized carbons (Fsp3) is 0.250. The molecule has 0 bridgehead atoms. The summed E-state index contributed by atoms with van der Waals surface area (Å²) in [6, 6.07) is 17.6. The molecule has 2 N–H and O–H groups in total. The van der Waals surface area contributed by atoms with Crippen LogP contribution in [-0.4, -0.2) is 27.8 Å². The molecule has 2 aromatic carbocycles. The number of nitrogens with zero attached hydrogens (tertiary/aromatic N) is 3. The number of ether oxygens (including phenoxy) is 1. The minimum absolute atomic E-state index is 0.00102. The van der Waals surface area contributed by atoms with E-state index in [-0.39, 0.29) is 6.42 Å². The Morgan fingerprint density at radius 1 is 1.12 bits per heavy atom. The van der Waals surface area contributed by atoms with Crippen LogP contribution in [0.1, 0.15) is 31.1 Å². The molecule has 0 saturated heterocycles. The lowest BCUT2D eigenvalue weighted by molar-refractivity contribution is -0.117. The fourth-order valence-electron chi connectivity index (χ4n) is 2.88. The molecule has 1 heterocycles. The zero-order chi connectivity index (χ0) is 18.7. The first-order valence-corrected chi connectivity index (χ1v) is 8.36. The Morgan fingerprint density at radius 2 is 1.77 bits per heavy atom. The Bertz CT molecular complexity index is 899. The highest BCUT2D eigenvalue weighted by molar-refractivity contribution is 5.75. The van der Waals surface area contributed by atoms with E-state index in [0.717, 1.165) is 22.8 Å². The smallest absolute Gasteiger partial charge is 0.225 e.